The zero-order chi connectivity index (χ0) is 15.5. The molecular formula is C15H15N5OS. The number of amides is 1. The second-order valence-corrected chi connectivity index (χ2v) is 5.73. The summed E-state index contributed by atoms with van der Waals surface area (Å²) in [6.07, 6.45) is 2.11. The van der Waals surface area contributed by atoms with Crippen molar-refractivity contribution in [3.8, 4) is 0 Å². The Morgan fingerprint density at radius 1 is 1.45 bits per heavy atom. The highest BCUT2D eigenvalue weighted by molar-refractivity contribution is 7.13. The molecule has 4 N–H and O–H groups in total. The van der Waals surface area contributed by atoms with Gasteiger partial charge in [-0.15, -0.1) is 11.3 Å². The zero-order valence-corrected chi connectivity index (χ0v) is 12.8. The van der Waals surface area contributed by atoms with Gasteiger partial charge in [0.2, 0.25) is 5.91 Å². The Balaban J connectivity index is 1.68. The number of rotatable bonds is 4. The quantitative estimate of drug-likeness (QED) is 0.509. The molecule has 7 heteroatoms. The predicted molar refractivity (Wildman–Crippen MR) is 88.9 cm³/mol. The van der Waals surface area contributed by atoms with Crippen molar-refractivity contribution in [1.82, 2.24) is 15.4 Å². The summed E-state index contributed by atoms with van der Waals surface area (Å²) in [6, 6.07) is 7.87. The lowest BCUT2D eigenvalue weighted by molar-refractivity contribution is -0.120. The van der Waals surface area contributed by atoms with Gasteiger partial charge in [0.15, 0.2) is 5.13 Å². The standard InChI is InChI=1S/C15H15N5OS/c1-9(13-8-22-15(16)18-13)19-20-14(21)6-10-7-17-12-5-3-2-4-11(10)12/h2-5,7-8,17H,6H2,1H3,(H2,16,18)(H,20,21). The Morgan fingerprint density at radius 2 is 2.27 bits per heavy atom. The normalized spacial score (nSPS) is 11.8. The summed E-state index contributed by atoms with van der Waals surface area (Å²) in [6.45, 7) is 1.78. The molecule has 1 aromatic carbocycles. The Kier molecular flexibility index (Phi) is 3.88. The first-order chi connectivity index (χ1) is 10.6. The molecule has 0 bridgehead atoms. The van der Waals surface area contributed by atoms with E-state index in [1.807, 2.05) is 30.5 Å². The third-order valence-electron chi connectivity index (χ3n) is 3.27. The number of thiazole rings is 1. The number of aromatic amines is 1. The van der Waals surface area contributed by atoms with Crippen LogP contribution in [-0.2, 0) is 11.2 Å². The molecular weight excluding hydrogens is 298 g/mol. The van der Waals surface area contributed by atoms with Crippen molar-refractivity contribution in [2.75, 3.05) is 5.73 Å². The number of nitrogen functional groups attached to an aromatic ring is 1. The minimum atomic E-state index is -0.174. The van der Waals surface area contributed by atoms with Crippen LogP contribution in [0.15, 0.2) is 40.9 Å². The third kappa shape index (κ3) is 2.99. The predicted octanol–water partition coefficient (Wildman–Crippen LogP) is 2.29. The number of fused-ring (bicyclic) bond motifs is 1. The highest BCUT2D eigenvalue weighted by atomic mass is 32.1. The van der Waals surface area contributed by atoms with Crippen LogP contribution in [-0.4, -0.2) is 21.6 Å². The van der Waals surface area contributed by atoms with Crippen LogP contribution in [0.2, 0.25) is 0 Å². The maximum Gasteiger partial charge on any atom is 0.244 e. The molecule has 1 amide bonds. The maximum absolute atomic E-state index is 12.0. The molecule has 0 aliphatic carbocycles. The Bertz CT molecular complexity index is 848. The lowest BCUT2D eigenvalue weighted by atomic mass is 10.1. The van der Waals surface area contributed by atoms with E-state index in [1.165, 1.54) is 11.3 Å². The summed E-state index contributed by atoms with van der Waals surface area (Å²) in [5, 5.41) is 7.40. The van der Waals surface area contributed by atoms with E-state index < -0.39 is 0 Å². The summed E-state index contributed by atoms with van der Waals surface area (Å²) in [4.78, 5) is 19.3. The van der Waals surface area contributed by atoms with Gasteiger partial charge in [0.05, 0.1) is 17.8 Å². The van der Waals surface area contributed by atoms with Crippen LogP contribution in [0, 0.1) is 0 Å². The number of hydrogen-bond acceptors (Lipinski definition) is 5. The number of benzene rings is 1. The molecule has 0 aliphatic heterocycles. The van der Waals surface area contributed by atoms with Crippen LogP contribution >= 0.6 is 11.3 Å². The Hall–Kier alpha value is -2.67. The summed E-state index contributed by atoms with van der Waals surface area (Å²) in [7, 11) is 0. The molecule has 0 unspecified atom stereocenters. The minimum Gasteiger partial charge on any atom is -0.375 e. The molecule has 3 aromatic rings. The fraction of sp³-hybridized carbons (Fsp3) is 0.133. The van der Waals surface area contributed by atoms with Crippen LogP contribution in [0.3, 0.4) is 0 Å². The number of hydrazone groups is 1. The average Bonchev–Trinajstić information content (AvgIpc) is 3.12. The lowest BCUT2D eigenvalue weighted by Gasteiger charge is -2.01. The number of anilines is 1. The topological polar surface area (TPSA) is 96.2 Å². The molecule has 2 heterocycles. The number of nitrogens with one attached hydrogen (secondary N) is 2. The molecule has 0 spiro atoms. The van der Waals surface area contributed by atoms with Crippen LogP contribution in [0.25, 0.3) is 10.9 Å². The van der Waals surface area contributed by atoms with Gasteiger partial charge < -0.3 is 10.7 Å². The van der Waals surface area contributed by atoms with E-state index in [2.05, 4.69) is 20.5 Å². The van der Waals surface area contributed by atoms with Gasteiger partial charge in [0, 0.05) is 22.5 Å². The molecule has 3 rings (SSSR count). The molecule has 0 fully saturated rings. The number of para-hydroxylation sites is 1. The van der Waals surface area contributed by atoms with Gasteiger partial charge in [0.25, 0.3) is 0 Å². The van der Waals surface area contributed by atoms with Gasteiger partial charge in [0.1, 0.15) is 0 Å². The van der Waals surface area contributed by atoms with E-state index in [0.29, 0.717) is 16.5 Å². The largest absolute Gasteiger partial charge is 0.375 e. The smallest absolute Gasteiger partial charge is 0.244 e. The highest BCUT2D eigenvalue weighted by Crippen LogP contribution is 2.18. The van der Waals surface area contributed by atoms with Gasteiger partial charge in [-0.3, -0.25) is 4.79 Å². The van der Waals surface area contributed by atoms with Crippen molar-refractivity contribution < 1.29 is 4.79 Å². The van der Waals surface area contributed by atoms with E-state index in [0.717, 1.165) is 16.5 Å². The molecule has 0 saturated heterocycles. The highest BCUT2D eigenvalue weighted by Gasteiger charge is 2.09. The number of nitrogens with zero attached hydrogens (tertiary/aromatic N) is 2. The van der Waals surface area contributed by atoms with Crippen molar-refractivity contribution in [2.24, 2.45) is 5.10 Å². The first-order valence-corrected chi connectivity index (χ1v) is 7.61. The molecule has 2 aromatic heterocycles. The third-order valence-corrected chi connectivity index (χ3v) is 3.94. The van der Waals surface area contributed by atoms with Gasteiger partial charge in [-0.05, 0) is 18.6 Å². The molecule has 0 saturated carbocycles. The van der Waals surface area contributed by atoms with Crippen LogP contribution in [0.4, 0.5) is 5.13 Å². The van der Waals surface area contributed by atoms with Gasteiger partial charge >= 0.3 is 0 Å². The SMILES string of the molecule is CC(=NNC(=O)Cc1c[nH]c2ccccc12)c1csc(N)n1. The second kappa shape index (κ2) is 5.98. The van der Waals surface area contributed by atoms with E-state index >= 15 is 0 Å². The van der Waals surface area contributed by atoms with Crippen LogP contribution in [0.5, 0.6) is 0 Å². The number of hydrogen-bond donors (Lipinski definition) is 3. The number of nitrogens with two attached hydrogens (primary N) is 1. The maximum atomic E-state index is 12.0. The first-order valence-electron chi connectivity index (χ1n) is 6.73. The summed E-state index contributed by atoms with van der Waals surface area (Å²) >= 11 is 1.34. The van der Waals surface area contributed by atoms with Crippen molar-refractivity contribution in [1.29, 1.82) is 0 Å². The molecule has 6 nitrogen and oxygen atoms in total. The van der Waals surface area contributed by atoms with Crippen LogP contribution in [0.1, 0.15) is 18.2 Å². The fourth-order valence-electron chi connectivity index (χ4n) is 2.15. The zero-order valence-electron chi connectivity index (χ0n) is 12.0. The summed E-state index contributed by atoms with van der Waals surface area (Å²) in [5.41, 5.74) is 11.4. The number of carbonyl (C=O) groups is 1. The average molecular weight is 313 g/mol. The van der Waals surface area contributed by atoms with E-state index in [4.69, 9.17) is 5.73 Å². The van der Waals surface area contributed by atoms with Crippen molar-refractivity contribution in [3.63, 3.8) is 0 Å². The second-order valence-electron chi connectivity index (χ2n) is 4.84. The van der Waals surface area contributed by atoms with Crippen molar-refractivity contribution in [3.05, 3.63) is 47.1 Å². The first kappa shape index (κ1) is 14.3. The van der Waals surface area contributed by atoms with E-state index in [9.17, 15) is 4.79 Å². The molecule has 0 atom stereocenters. The number of carbonyl (C=O) groups excluding carboxylic acids is 1. The summed E-state index contributed by atoms with van der Waals surface area (Å²) < 4.78 is 0. The van der Waals surface area contributed by atoms with Crippen LogP contribution < -0.4 is 11.2 Å². The number of H-pyrrole nitrogens is 1. The van der Waals surface area contributed by atoms with E-state index in [-0.39, 0.29) is 12.3 Å². The minimum absolute atomic E-state index is 0.174. The number of aromatic nitrogens is 2. The lowest BCUT2D eigenvalue weighted by Crippen LogP contribution is -2.21. The van der Waals surface area contributed by atoms with Gasteiger partial charge in [-0.25, -0.2) is 10.4 Å². The van der Waals surface area contributed by atoms with Gasteiger partial charge in [-0.1, -0.05) is 18.2 Å². The Labute approximate surface area is 131 Å². The molecule has 112 valence electrons. The fourth-order valence-corrected chi connectivity index (χ4v) is 2.75. The summed E-state index contributed by atoms with van der Waals surface area (Å²) in [5.74, 6) is -0.174. The van der Waals surface area contributed by atoms with Gasteiger partial charge in [-0.2, -0.15) is 5.10 Å². The Morgan fingerprint density at radius 3 is 3.05 bits per heavy atom. The molecule has 0 aliphatic rings. The monoisotopic (exact) mass is 313 g/mol. The molecule has 0 radical (unpaired) electrons. The van der Waals surface area contributed by atoms with Crippen molar-refractivity contribution >= 4 is 39.0 Å². The van der Waals surface area contributed by atoms with E-state index in [1.54, 1.807) is 12.3 Å². The molecule has 22 heavy (non-hydrogen) atoms. The van der Waals surface area contributed by atoms with Crippen molar-refractivity contribution in [2.45, 2.75) is 13.3 Å².